The number of Topliss-reactive ketones (excluding diaryl/α,β-unsaturated/α-hetero) is 1. The van der Waals surface area contributed by atoms with E-state index in [2.05, 4.69) is 24.3 Å². The smallest absolute Gasteiger partial charge is 0.231 e. The van der Waals surface area contributed by atoms with E-state index in [4.69, 9.17) is 18.9 Å². The first-order valence-electron chi connectivity index (χ1n) is 12.4. The Morgan fingerprint density at radius 1 is 0.618 bits per heavy atom. The van der Waals surface area contributed by atoms with Gasteiger partial charge in [-0.3, -0.25) is 4.79 Å². The van der Waals surface area contributed by atoms with Crippen LogP contribution < -0.4 is 18.9 Å². The van der Waals surface area contributed by atoms with Gasteiger partial charge in [-0.25, -0.2) is 0 Å². The van der Waals surface area contributed by atoms with Crippen molar-refractivity contribution in [3.8, 4) is 23.0 Å². The molecular weight excluding hydrogens is 428 g/mol. The molecule has 5 nitrogen and oxygen atoms in total. The summed E-state index contributed by atoms with van der Waals surface area (Å²) >= 11 is 0. The number of ether oxygens (including phenoxy) is 4. The van der Waals surface area contributed by atoms with Crippen LogP contribution in [0.25, 0.3) is 12.2 Å². The van der Waals surface area contributed by atoms with E-state index in [0.717, 1.165) is 98.3 Å². The second kappa shape index (κ2) is 12.9. The lowest BCUT2D eigenvalue weighted by molar-refractivity contribution is -0.119. The number of carbonyl (C=O) groups is 1. The fourth-order valence-corrected chi connectivity index (χ4v) is 4.12. The molecule has 0 fully saturated rings. The summed E-state index contributed by atoms with van der Waals surface area (Å²) in [7, 11) is 0. The van der Waals surface area contributed by atoms with Crippen LogP contribution in [0.5, 0.6) is 23.0 Å². The van der Waals surface area contributed by atoms with Gasteiger partial charge >= 0.3 is 0 Å². The molecule has 0 saturated heterocycles. The highest BCUT2D eigenvalue weighted by Crippen LogP contribution is 2.33. The quantitative estimate of drug-likeness (QED) is 0.275. The summed E-state index contributed by atoms with van der Waals surface area (Å²) in [6, 6.07) is 12.0. The van der Waals surface area contributed by atoms with Crippen LogP contribution >= 0.6 is 0 Å². The van der Waals surface area contributed by atoms with Gasteiger partial charge < -0.3 is 18.9 Å². The van der Waals surface area contributed by atoms with Gasteiger partial charge in [0.1, 0.15) is 5.78 Å². The average molecular weight is 463 g/mol. The van der Waals surface area contributed by atoms with Crippen LogP contribution in [-0.2, 0) is 4.79 Å². The third-order valence-electron chi connectivity index (χ3n) is 6.07. The minimum atomic E-state index is 0.307. The summed E-state index contributed by atoms with van der Waals surface area (Å²) in [6.07, 6.45) is 18.5. The normalized spacial score (nSPS) is 13.9. The van der Waals surface area contributed by atoms with Crippen LogP contribution in [0.15, 0.2) is 48.6 Å². The van der Waals surface area contributed by atoms with E-state index in [9.17, 15) is 4.79 Å². The van der Waals surface area contributed by atoms with Crippen molar-refractivity contribution in [3.63, 3.8) is 0 Å². The second-order valence-corrected chi connectivity index (χ2v) is 8.77. The van der Waals surface area contributed by atoms with Crippen LogP contribution in [0.2, 0.25) is 0 Å². The Bertz CT molecular complexity index is 928. The van der Waals surface area contributed by atoms with Gasteiger partial charge in [-0.2, -0.15) is 0 Å². The van der Waals surface area contributed by atoms with Crippen LogP contribution in [0.1, 0.15) is 75.3 Å². The third kappa shape index (κ3) is 7.41. The van der Waals surface area contributed by atoms with Crippen molar-refractivity contribution in [2.75, 3.05) is 13.6 Å². The highest BCUT2D eigenvalue weighted by Gasteiger charge is 2.13. The minimum absolute atomic E-state index is 0.307. The van der Waals surface area contributed by atoms with E-state index in [1.165, 1.54) is 0 Å². The van der Waals surface area contributed by atoms with Gasteiger partial charge in [-0.1, -0.05) is 49.3 Å². The molecule has 180 valence electrons. The Labute approximate surface area is 202 Å². The van der Waals surface area contributed by atoms with Crippen LogP contribution in [0.4, 0.5) is 0 Å². The fraction of sp³-hybridized carbons (Fsp3) is 0.414. The first-order chi connectivity index (χ1) is 16.8. The highest BCUT2D eigenvalue weighted by atomic mass is 16.7. The molecule has 0 spiro atoms. The van der Waals surface area contributed by atoms with Crippen molar-refractivity contribution in [3.05, 3.63) is 59.7 Å². The van der Waals surface area contributed by atoms with E-state index in [1.807, 2.05) is 36.4 Å². The highest BCUT2D eigenvalue weighted by molar-refractivity contribution is 5.78. The predicted octanol–water partition coefficient (Wildman–Crippen LogP) is 7.34. The number of carbonyl (C=O) groups excluding carboxylic acids is 1. The fourth-order valence-electron chi connectivity index (χ4n) is 4.12. The van der Waals surface area contributed by atoms with Crippen molar-refractivity contribution in [2.24, 2.45) is 0 Å². The molecule has 2 aromatic carbocycles. The minimum Gasteiger partial charge on any atom is -0.454 e. The first-order valence-corrected chi connectivity index (χ1v) is 12.4. The van der Waals surface area contributed by atoms with Crippen molar-refractivity contribution >= 4 is 17.9 Å². The van der Waals surface area contributed by atoms with Crippen LogP contribution in [-0.4, -0.2) is 19.4 Å². The number of unbranched alkanes of at least 4 members (excludes halogenated alkanes) is 6. The number of hydrogen-bond acceptors (Lipinski definition) is 5. The molecule has 0 saturated carbocycles. The molecule has 0 radical (unpaired) electrons. The van der Waals surface area contributed by atoms with E-state index in [-0.39, 0.29) is 0 Å². The monoisotopic (exact) mass is 462 g/mol. The first kappa shape index (κ1) is 23.9. The predicted molar refractivity (Wildman–Crippen MR) is 134 cm³/mol. The van der Waals surface area contributed by atoms with E-state index < -0.39 is 0 Å². The molecule has 2 heterocycles. The molecule has 5 heteroatoms. The summed E-state index contributed by atoms with van der Waals surface area (Å²) in [5, 5.41) is 0. The molecule has 0 aromatic heterocycles. The molecular formula is C29H34O5. The van der Waals surface area contributed by atoms with Gasteiger partial charge in [-0.15, -0.1) is 0 Å². The zero-order valence-electron chi connectivity index (χ0n) is 19.8. The molecule has 2 aliphatic rings. The van der Waals surface area contributed by atoms with Crippen molar-refractivity contribution in [2.45, 2.75) is 64.2 Å². The molecule has 0 bridgehead atoms. The third-order valence-corrected chi connectivity index (χ3v) is 6.07. The van der Waals surface area contributed by atoms with Crippen LogP contribution in [0.3, 0.4) is 0 Å². The molecule has 0 atom stereocenters. The molecule has 0 N–H and O–H groups in total. The summed E-state index contributed by atoms with van der Waals surface area (Å²) in [4.78, 5) is 12.1. The molecule has 2 aromatic rings. The van der Waals surface area contributed by atoms with Crippen molar-refractivity contribution < 1.29 is 23.7 Å². The van der Waals surface area contributed by atoms with Gasteiger partial charge in [0.25, 0.3) is 0 Å². The topological polar surface area (TPSA) is 54.0 Å². The lowest BCUT2D eigenvalue weighted by Crippen LogP contribution is -1.97. The molecule has 0 unspecified atom stereocenters. The zero-order chi connectivity index (χ0) is 23.4. The Balaban J connectivity index is 0.980. The lowest BCUT2D eigenvalue weighted by Gasteiger charge is -2.01. The molecule has 0 amide bonds. The van der Waals surface area contributed by atoms with Gasteiger partial charge in [0.15, 0.2) is 23.0 Å². The summed E-state index contributed by atoms with van der Waals surface area (Å²) in [5.41, 5.74) is 2.26. The summed E-state index contributed by atoms with van der Waals surface area (Å²) in [6.45, 7) is 0.615. The van der Waals surface area contributed by atoms with Crippen LogP contribution in [0, 0.1) is 0 Å². The number of fused-ring (bicyclic) bond motifs is 2. The standard InChI is InChI=1S/C29H34O5/c30-25(13-9-5-1-3-7-11-23-15-17-26-28(19-23)33-21-31-26)14-10-6-2-4-8-12-24-16-18-27-29(20-24)34-22-32-27/h7-8,11-12,15-20H,1-6,9-10,13-14,21-22H2. The molecule has 4 rings (SSSR count). The maximum Gasteiger partial charge on any atom is 0.231 e. The van der Waals surface area contributed by atoms with E-state index in [1.54, 1.807) is 0 Å². The Hall–Kier alpha value is -3.21. The Kier molecular flexibility index (Phi) is 9.06. The number of rotatable bonds is 14. The second-order valence-electron chi connectivity index (χ2n) is 8.77. The zero-order valence-corrected chi connectivity index (χ0v) is 19.8. The maximum absolute atomic E-state index is 12.1. The summed E-state index contributed by atoms with van der Waals surface area (Å²) in [5.74, 6) is 3.68. The van der Waals surface area contributed by atoms with Crippen molar-refractivity contribution in [1.29, 1.82) is 0 Å². The molecule has 2 aliphatic heterocycles. The number of hydrogen-bond donors (Lipinski definition) is 0. The lowest BCUT2D eigenvalue weighted by atomic mass is 10.0. The Morgan fingerprint density at radius 2 is 1.09 bits per heavy atom. The SMILES string of the molecule is O=C(CCCCCC=Cc1ccc2c(c1)OCO2)CCCCCC=Cc1ccc2c(c1)OCO2. The van der Waals surface area contributed by atoms with Gasteiger partial charge in [0.05, 0.1) is 0 Å². The molecule has 0 aliphatic carbocycles. The maximum atomic E-state index is 12.1. The van der Waals surface area contributed by atoms with E-state index >= 15 is 0 Å². The molecule has 34 heavy (non-hydrogen) atoms. The Morgan fingerprint density at radius 3 is 1.59 bits per heavy atom. The average Bonchev–Trinajstić information content (AvgIpc) is 3.51. The number of benzene rings is 2. The summed E-state index contributed by atoms with van der Waals surface area (Å²) < 4.78 is 21.5. The van der Waals surface area contributed by atoms with Gasteiger partial charge in [0, 0.05) is 12.8 Å². The van der Waals surface area contributed by atoms with E-state index in [0.29, 0.717) is 19.4 Å². The van der Waals surface area contributed by atoms with Gasteiger partial charge in [0.2, 0.25) is 13.6 Å². The number of allylic oxidation sites excluding steroid dienone is 2. The largest absolute Gasteiger partial charge is 0.454 e. The number of ketones is 1. The van der Waals surface area contributed by atoms with Gasteiger partial charge in [-0.05, 0) is 73.9 Å². The van der Waals surface area contributed by atoms with Crippen molar-refractivity contribution in [1.82, 2.24) is 0 Å².